The summed E-state index contributed by atoms with van der Waals surface area (Å²) in [5, 5.41) is 2.31. The quantitative estimate of drug-likeness (QED) is 0.388. The van der Waals surface area contributed by atoms with Crippen molar-refractivity contribution in [2.75, 3.05) is 19.3 Å². The number of nitrogens with one attached hydrogen (secondary N) is 1. The summed E-state index contributed by atoms with van der Waals surface area (Å²) in [6.07, 6.45) is -8.52. The van der Waals surface area contributed by atoms with Gasteiger partial charge in [0.1, 0.15) is 6.04 Å². The van der Waals surface area contributed by atoms with Crippen molar-refractivity contribution in [3.63, 3.8) is 0 Å². The van der Waals surface area contributed by atoms with Crippen LogP contribution in [0.15, 0.2) is 53.4 Å². The van der Waals surface area contributed by atoms with E-state index in [1.54, 1.807) is 18.2 Å². The number of rotatable bonds is 8. The number of halogens is 6. The molecule has 4 rings (SSSR count). The molecule has 2 aliphatic rings. The molecular formula is C30H35F6N3O4S. The third-order valence-electron chi connectivity index (χ3n) is 8.64. The minimum atomic E-state index is -5.13. The van der Waals surface area contributed by atoms with Gasteiger partial charge in [-0.15, -0.1) is 0 Å². The molecule has 44 heavy (non-hydrogen) atoms. The number of benzene rings is 2. The Balaban J connectivity index is 1.55. The van der Waals surface area contributed by atoms with Gasteiger partial charge in [0.15, 0.2) is 9.84 Å². The summed E-state index contributed by atoms with van der Waals surface area (Å²) in [7, 11) is -1.76. The molecular weight excluding hydrogens is 612 g/mol. The smallest absolute Gasteiger partial charge is 0.340 e. The lowest BCUT2D eigenvalue weighted by Gasteiger charge is -2.44. The maximum absolute atomic E-state index is 13.5. The molecule has 2 aromatic rings. The van der Waals surface area contributed by atoms with Crippen LogP contribution in [0.5, 0.6) is 0 Å². The first-order valence-corrected chi connectivity index (χ1v) is 15.9. The first-order chi connectivity index (χ1) is 20.4. The molecule has 2 amide bonds. The molecule has 2 fully saturated rings. The van der Waals surface area contributed by atoms with Crippen LogP contribution in [0.25, 0.3) is 0 Å². The molecule has 0 radical (unpaired) electrons. The molecule has 242 valence electrons. The molecule has 2 aromatic carbocycles. The van der Waals surface area contributed by atoms with Crippen LogP contribution in [0.3, 0.4) is 0 Å². The average Bonchev–Trinajstić information content (AvgIpc) is 3.30. The highest BCUT2D eigenvalue weighted by molar-refractivity contribution is 7.91. The number of hydrogen-bond donors (Lipinski definition) is 1. The average molecular weight is 648 g/mol. The fourth-order valence-corrected chi connectivity index (χ4v) is 7.79. The monoisotopic (exact) mass is 647 g/mol. The van der Waals surface area contributed by atoms with Crippen LogP contribution >= 0.6 is 0 Å². The predicted octanol–water partition coefficient (Wildman–Crippen LogP) is 5.41. The predicted molar refractivity (Wildman–Crippen MR) is 150 cm³/mol. The van der Waals surface area contributed by atoms with Crippen molar-refractivity contribution in [1.29, 1.82) is 0 Å². The Hall–Kier alpha value is -3.13. The van der Waals surface area contributed by atoms with Crippen LogP contribution in [0, 0.1) is 5.92 Å². The summed E-state index contributed by atoms with van der Waals surface area (Å²) in [6.45, 7) is 4.21. The summed E-state index contributed by atoms with van der Waals surface area (Å²) in [5.74, 6) is -2.46. The second kappa shape index (κ2) is 12.7. The third-order valence-corrected chi connectivity index (χ3v) is 10.5. The lowest BCUT2D eigenvalue weighted by atomic mass is 9.81. The zero-order valence-electron chi connectivity index (χ0n) is 24.5. The molecule has 7 nitrogen and oxygen atoms in total. The zero-order chi connectivity index (χ0) is 32.6. The van der Waals surface area contributed by atoms with E-state index in [2.05, 4.69) is 10.2 Å². The van der Waals surface area contributed by atoms with Gasteiger partial charge in [-0.2, -0.15) is 26.3 Å². The molecule has 0 bridgehead atoms. The van der Waals surface area contributed by atoms with Crippen molar-refractivity contribution in [1.82, 2.24) is 15.1 Å². The molecule has 1 aliphatic carbocycles. The lowest BCUT2D eigenvalue weighted by molar-refractivity contribution is -0.143. The van der Waals surface area contributed by atoms with Gasteiger partial charge >= 0.3 is 12.4 Å². The van der Waals surface area contributed by atoms with Crippen molar-refractivity contribution < 1.29 is 44.3 Å². The van der Waals surface area contributed by atoms with Crippen molar-refractivity contribution in [2.24, 2.45) is 5.92 Å². The Morgan fingerprint density at radius 3 is 2.11 bits per heavy atom. The van der Waals surface area contributed by atoms with E-state index >= 15 is 0 Å². The highest BCUT2D eigenvalue weighted by atomic mass is 32.2. The second-order valence-electron chi connectivity index (χ2n) is 11.8. The van der Waals surface area contributed by atoms with E-state index in [1.165, 1.54) is 17.0 Å². The topological polar surface area (TPSA) is 86.8 Å². The molecule has 1 heterocycles. The van der Waals surface area contributed by atoms with E-state index in [0.717, 1.165) is 0 Å². The van der Waals surface area contributed by atoms with Crippen LogP contribution < -0.4 is 5.32 Å². The normalized spacial score (nSPS) is 23.4. The van der Waals surface area contributed by atoms with Crippen LogP contribution in [0.4, 0.5) is 26.3 Å². The molecule has 0 spiro atoms. The first-order valence-electron chi connectivity index (χ1n) is 14.3. The summed E-state index contributed by atoms with van der Waals surface area (Å²) in [5.41, 5.74) is -4.15. The van der Waals surface area contributed by atoms with Gasteiger partial charge in [-0.1, -0.05) is 18.2 Å². The largest absolute Gasteiger partial charge is 0.416 e. The minimum absolute atomic E-state index is 0.0687. The van der Waals surface area contributed by atoms with Crippen molar-refractivity contribution >= 4 is 21.7 Å². The Morgan fingerprint density at radius 1 is 0.977 bits per heavy atom. The van der Waals surface area contributed by atoms with Crippen LogP contribution in [-0.2, 0) is 27.0 Å². The number of nitrogens with zero attached hydrogens (tertiary/aromatic N) is 2. The Bertz CT molecular complexity index is 1430. The third kappa shape index (κ3) is 7.56. The van der Waals surface area contributed by atoms with Gasteiger partial charge in [-0.25, -0.2) is 8.42 Å². The highest BCUT2D eigenvalue weighted by Crippen LogP contribution is 2.38. The summed E-state index contributed by atoms with van der Waals surface area (Å²) in [6, 6.07) is 7.14. The van der Waals surface area contributed by atoms with Crippen LogP contribution in [0.1, 0.15) is 61.0 Å². The molecule has 1 aliphatic heterocycles. The van der Waals surface area contributed by atoms with Gasteiger partial charge in [0.05, 0.1) is 21.8 Å². The lowest BCUT2D eigenvalue weighted by Crippen LogP contribution is -2.53. The van der Waals surface area contributed by atoms with E-state index in [0.29, 0.717) is 31.4 Å². The minimum Gasteiger partial charge on any atom is -0.340 e. The number of hydrogen-bond acceptors (Lipinski definition) is 5. The zero-order valence-corrected chi connectivity index (χ0v) is 25.3. The van der Waals surface area contributed by atoms with E-state index < -0.39 is 68.7 Å². The van der Waals surface area contributed by atoms with E-state index in [4.69, 9.17) is 0 Å². The van der Waals surface area contributed by atoms with Crippen molar-refractivity contribution in [2.45, 2.75) is 80.9 Å². The summed E-state index contributed by atoms with van der Waals surface area (Å²) < 4.78 is 107. The molecule has 4 atom stereocenters. The molecule has 0 unspecified atom stereocenters. The highest BCUT2D eigenvalue weighted by Gasteiger charge is 2.45. The SMILES string of the molecule is CC(C)N(C)[C@@H]1CC[C@H](N2CC[C@H](NC(=O)c3cc(C(F)(F)F)cc(C(F)(F)F)c3)C2=O)[C@@H](CS(=O)(=O)c2ccccc2)C1. The van der Waals surface area contributed by atoms with Crippen molar-refractivity contribution in [3.8, 4) is 0 Å². The van der Waals surface area contributed by atoms with E-state index in [-0.39, 0.29) is 41.8 Å². The Morgan fingerprint density at radius 2 is 1.57 bits per heavy atom. The maximum atomic E-state index is 13.5. The molecule has 1 N–H and O–H groups in total. The Labute approximate surface area is 252 Å². The summed E-state index contributed by atoms with van der Waals surface area (Å²) >= 11 is 0. The molecule has 0 aromatic heterocycles. The molecule has 14 heteroatoms. The molecule has 1 saturated carbocycles. The first kappa shape index (κ1) is 33.8. The number of sulfone groups is 1. The van der Waals surface area contributed by atoms with Gasteiger partial charge in [-0.05, 0) is 82.8 Å². The molecule has 1 saturated heterocycles. The second-order valence-corrected chi connectivity index (χ2v) is 13.8. The fraction of sp³-hybridized carbons (Fsp3) is 0.533. The maximum Gasteiger partial charge on any atom is 0.416 e. The van der Waals surface area contributed by atoms with E-state index in [9.17, 15) is 44.3 Å². The number of carbonyl (C=O) groups is 2. The number of carbonyl (C=O) groups excluding carboxylic acids is 2. The van der Waals surface area contributed by atoms with Crippen molar-refractivity contribution in [3.05, 3.63) is 65.2 Å². The van der Waals surface area contributed by atoms with Gasteiger partial charge < -0.3 is 15.1 Å². The fourth-order valence-electron chi connectivity index (χ4n) is 6.10. The summed E-state index contributed by atoms with van der Waals surface area (Å²) in [4.78, 5) is 30.2. The standard InChI is InChI=1S/C30H35F6N3O4S/c1-18(2)38(3)23-9-10-26(20(15-23)17-44(42,43)24-7-5-4-6-8-24)39-12-11-25(28(39)41)37-27(40)19-13-21(29(31,32)33)16-22(14-19)30(34,35)36/h4-8,13-14,16,18,20,23,25-26H,9-12,15,17H2,1-3H3,(H,37,40)/t20-,23-,25+,26+/m1/s1. The van der Waals surface area contributed by atoms with Crippen LogP contribution in [0.2, 0.25) is 0 Å². The number of likely N-dealkylation sites (tertiary alicyclic amines) is 1. The number of amides is 2. The van der Waals surface area contributed by atoms with Crippen LogP contribution in [-0.4, -0.2) is 73.5 Å². The van der Waals surface area contributed by atoms with E-state index in [1.807, 2.05) is 20.9 Å². The van der Waals surface area contributed by atoms with Gasteiger partial charge in [0, 0.05) is 30.2 Å². The Kier molecular flexibility index (Phi) is 9.74. The van der Waals surface area contributed by atoms with Gasteiger partial charge in [0.25, 0.3) is 5.91 Å². The van der Waals surface area contributed by atoms with Gasteiger partial charge in [-0.3, -0.25) is 9.59 Å². The van der Waals surface area contributed by atoms with Gasteiger partial charge in [0.2, 0.25) is 5.91 Å². The number of alkyl halides is 6.